The van der Waals surface area contributed by atoms with Gasteiger partial charge in [0.15, 0.2) is 0 Å². The standard InChI is InChI=1S/C24H25N3O2/c1-3-4-10-19-21-22(17-8-6-5-7-9-17)26-24(28)27-23(21)20(25-19)15-16-11-13-18(29-2)14-12-16/h5-9,11-14,25H,3-4,10,15H2,1-2H3,(H,27,28). The van der Waals surface area contributed by atoms with Crippen LogP contribution in [0, 0.1) is 0 Å². The molecule has 0 atom stereocenters. The van der Waals surface area contributed by atoms with Crippen LogP contribution >= 0.6 is 0 Å². The van der Waals surface area contributed by atoms with Crippen LogP contribution in [-0.2, 0) is 12.8 Å². The summed E-state index contributed by atoms with van der Waals surface area (Å²) < 4.78 is 5.25. The van der Waals surface area contributed by atoms with E-state index in [1.54, 1.807) is 7.11 Å². The van der Waals surface area contributed by atoms with Gasteiger partial charge >= 0.3 is 5.69 Å². The molecule has 2 aromatic heterocycles. The number of hydrogen-bond acceptors (Lipinski definition) is 3. The predicted molar refractivity (Wildman–Crippen MR) is 117 cm³/mol. The van der Waals surface area contributed by atoms with Crippen LogP contribution in [0.15, 0.2) is 59.4 Å². The van der Waals surface area contributed by atoms with Gasteiger partial charge in [0.2, 0.25) is 0 Å². The van der Waals surface area contributed by atoms with E-state index in [1.807, 2.05) is 42.5 Å². The number of nitrogens with zero attached hydrogens (tertiary/aromatic N) is 1. The van der Waals surface area contributed by atoms with Gasteiger partial charge in [-0.3, -0.25) is 0 Å². The fourth-order valence-electron chi connectivity index (χ4n) is 3.73. The topological polar surface area (TPSA) is 70.8 Å². The molecule has 0 saturated carbocycles. The fraction of sp³-hybridized carbons (Fsp3) is 0.250. The Morgan fingerprint density at radius 2 is 1.72 bits per heavy atom. The van der Waals surface area contributed by atoms with Gasteiger partial charge in [-0.2, -0.15) is 4.98 Å². The highest BCUT2D eigenvalue weighted by molar-refractivity contribution is 5.96. The minimum atomic E-state index is -0.326. The third-order valence-corrected chi connectivity index (χ3v) is 5.20. The highest BCUT2D eigenvalue weighted by Crippen LogP contribution is 2.31. The molecular weight excluding hydrogens is 362 g/mol. The normalized spacial score (nSPS) is 11.1. The molecule has 0 unspecified atom stereocenters. The van der Waals surface area contributed by atoms with Crippen molar-refractivity contribution >= 4 is 10.9 Å². The van der Waals surface area contributed by atoms with Gasteiger partial charge in [0, 0.05) is 28.8 Å². The van der Waals surface area contributed by atoms with Crippen molar-refractivity contribution in [3.8, 4) is 17.0 Å². The van der Waals surface area contributed by atoms with Gasteiger partial charge in [0.05, 0.1) is 18.3 Å². The molecule has 0 spiro atoms. The third kappa shape index (κ3) is 3.94. The van der Waals surface area contributed by atoms with Crippen LogP contribution in [0.2, 0.25) is 0 Å². The lowest BCUT2D eigenvalue weighted by atomic mass is 10.0. The molecule has 0 saturated heterocycles. The quantitative estimate of drug-likeness (QED) is 0.476. The molecule has 0 aliphatic carbocycles. The summed E-state index contributed by atoms with van der Waals surface area (Å²) in [7, 11) is 1.66. The first-order chi connectivity index (χ1) is 14.2. The Hall–Kier alpha value is -3.34. The molecule has 5 nitrogen and oxygen atoms in total. The molecule has 4 rings (SSSR count). The summed E-state index contributed by atoms with van der Waals surface area (Å²) in [6, 6.07) is 17.9. The minimum Gasteiger partial charge on any atom is -0.497 e. The summed E-state index contributed by atoms with van der Waals surface area (Å²) >= 11 is 0. The molecule has 0 fully saturated rings. The molecule has 2 heterocycles. The minimum absolute atomic E-state index is 0.326. The Labute approximate surface area is 169 Å². The lowest BCUT2D eigenvalue weighted by Crippen LogP contribution is -2.11. The maximum atomic E-state index is 12.4. The number of aromatic nitrogens is 3. The SMILES string of the molecule is CCCCc1[nH]c(Cc2ccc(OC)cc2)c2[nH]c(=O)nc(-c3ccccc3)c12. The summed E-state index contributed by atoms with van der Waals surface area (Å²) in [4.78, 5) is 23.3. The molecule has 148 valence electrons. The molecule has 5 heteroatoms. The number of nitrogens with one attached hydrogen (secondary N) is 2. The summed E-state index contributed by atoms with van der Waals surface area (Å²) in [6.07, 6.45) is 3.79. The maximum Gasteiger partial charge on any atom is 0.346 e. The van der Waals surface area contributed by atoms with E-state index < -0.39 is 0 Å². The van der Waals surface area contributed by atoms with Gasteiger partial charge in [-0.25, -0.2) is 4.79 Å². The Balaban J connectivity index is 1.86. The number of fused-ring (bicyclic) bond motifs is 1. The second-order valence-electron chi connectivity index (χ2n) is 7.22. The van der Waals surface area contributed by atoms with Crippen LogP contribution in [0.1, 0.15) is 36.7 Å². The van der Waals surface area contributed by atoms with Crippen molar-refractivity contribution in [1.29, 1.82) is 0 Å². The molecule has 0 aliphatic rings. The van der Waals surface area contributed by atoms with Gasteiger partial charge < -0.3 is 14.7 Å². The number of aromatic amines is 2. The molecule has 0 amide bonds. The van der Waals surface area contributed by atoms with Crippen LogP contribution in [0.25, 0.3) is 22.2 Å². The lowest BCUT2D eigenvalue weighted by Gasteiger charge is -2.05. The molecule has 0 bridgehead atoms. The summed E-state index contributed by atoms with van der Waals surface area (Å²) in [5.41, 5.74) is 5.51. The molecule has 2 aromatic carbocycles. The van der Waals surface area contributed by atoms with Gasteiger partial charge in [0.25, 0.3) is 0 Å². The first-order valence-corrected chi connectivity index (χ1v) is 10.0. The Morgan fingerprint density at radius 1 is 0.966 bits per heavy atom. The molecule has 2 N–H and O–H groups in total. The Morgan fingerprint density at radius 3 is 2.41 bits per heavy atom. The zero-order valence-corrected chi connectivity index (χ0v) is 16.8. The van der Waals surface area contributed by atoms with E-state index in [0.717, 1.165) is 64.1 Å². The Bertz CT molecular complexity index is 1160. The van der Waals surface area contributed by atoms with Gasteiger partial charge in [0.1, 0.15) is 5.75 Å². The number of ether oxygens (including phenoxy) is 1. The number of hydrogen-bond donors (Lipinski definition) is 2. The predicted octanol–water partition coefficient (Wildman–Crippen LogP) is 4.86. The van der Waals surface area contributed by atoms with Crippen molar-refractivity contribution in [3.05, 3.63) is 82.0 Å². The van der Waals surface area contributed by atoms with Crippen LogP contribution in [0.3, 0.4) is 0 Å². The second kappa shape index (κ2) is 8.35. The van der Waals surface area contributed by atoms with Crippen LogP contribution in [0.4, 0.5) is 0 Å². The van der Waals surface area contributed by atoms with Crippen molar-refractivity contribution in [2.45, 2.75) is 32.6 Å². The van der Waals surface area contributed by atoms with E-state index in [-0.39, 0.29) is 5.69 Å². The third-order valence-electron chi connectivity index (χ3n) is 5.20. The van der Waals surface area contributed by atoms with Crippen molar-refractivity contribution in [3.63, 3.8) is 0 Å². The zero-order valence-electron chi connectivity index (χ0n) is 16.8. The van der Waals surface area contributed by atoms with Crippen LogP contribution < -0.4 is 10.4 Å². The van der Waals surface area contributed by atoms with Crippen molar-refractivity contribution in [2.24, 2.45) is 0 Å². The van der Waals surface area contributed by atoms with Crippen LogP contribution in [0.5, 0.6) is 5.75 Å². The molecule has 0 aliphatic heterocycles. The first-order valence-electron chi connectivity index (χ1n) is 10.0. The van der Waals surface area contributed by atoms with Gasteiger partial charge in [-0.1, -0.05) is 55.8 Å². The van der Waals surface area contributed by atoms with Gasteiger partial charge in [-0.05, 0) is 30.5 Å². The zero-order chi connectivity index (χ0) is 20.2. The van der Waals surface area contributed by atoms with E-state index in [0.29, 0.717) is 6.42 Å². The number of rotatable bonds is 7. The average Bonchev–Trinajstić information content (AvgIpc) is 3.10. The summed E-state index contributed by atoms with van der Waals surface area (Å²) in [6.45, 7) is 2.18. The fourth-order valence-corrected chi connectivity index (χ4v) is 3.73. The van der Waals surface area contributed by atoms with E-state index >= 15 is 0 Å². The summed E-state index contributed by atoms with van der Waals surface area (Å²) in [5, 5.41) is 1.02. The summed E-state index contributed by atoms with van der Waals surface area (Å²) in [5.74, 6) is 0.831. The van der Waals surface area contributed by atoms with E-state index in [9.17, 15) is 4.79 Å². The van der Waals surface area contributed by atoms with Gasteiger partial charge in [-0.15, -0.1) is 0 Å². The number of aryl methyl sites for hydroxylation is 1. The highest BCUT2D eigenvalue weighted by Gasteiger charge is 2.18. The highest BCUT2D eigenvalue weighted by atomic mass is 16.5. The van der Waals surface area contributed by atoms with Crippen molar-refractivity contribution in [1.82, 2.24) is 15.0 Å². The largest absolute Gasteiger partial charge is 0.497 e. The lowest BCUT2D eigenvalue weighted by molar-refractivity contribution is 0.414. The average molecular weight is 387 g/mol. The second-order valence-corrected chi connectivity index (χ2v) is 7.22. The first kappa shape index (κ1) is 19.0. The molecule has 0 radical (unpaired) electrons. The monoisotopic (exact) mass is 387 g/mol. The number of H-pyrrole nitrogens is 2. The smallest absolute Gasteiger partial charge is 0.346 e. The molecule has 4 aromatic rings. The number of unbranched alkanes of at least 4 members (excludes halogenated alkanes) is 1. The molecular formula is C24H25N3O2. The van der Waals surface area contributed by atoms with Crippen LogP contribution in [-0.4, -0.2) is 22.1 Å². The number of methoxy groups -OCH3 is 1. The number of benzene rings is 2. The van der Waals surface area contributed by atoms with Crippen molar-refractivity contribution < 1.29 is 4.74 Å². The van der Waals surface area contributed by atoms with Crippen molar-refractivity contribution in [2.75, 3.05) is 7.11 Å². The maximum absolute atomic E-state index is 12.4. The van der Waals surface area contributed by atoms with E-state index in [2.05, 4.69) is 34.0 Å². The molecule has 29 heavy (non-hydrogen) atoms. The van der Waals surface area contributed by atoms with E-state index in [1.165, 1.54) is 0 Å². The Kier molecular flexibility index (Phi) is 5.47. The van der Waals surface area contributed by atoms with E-state index in [4.69, 9.17) is 4.74 Å².